The summed E-state index contributed by atoms with van der Waals surface area (Å²) in [6.07, 6.45) is 0.796. The van der Waals surface area contributed by atoms with Crippen LogP contribution in [0.25, 0.3) is 10.8 Å². The van der Waals surface area contributed by atoms with Crippen molar-refractivity contribution in [3.05, 3.63) is 114 Å². The summed E-state index contributed by atoms with van der Waals surface area (Å²) >= 11 is 0. The molecule has 0 unspecified atom stereocenters. The van der Waals surface area contributed by atoms with E-state index in [1.54, 1.807) is 23.1 Å². The third kappa shape index (κ3) is 5.39. The van der Waals surface area contributed by atoms with Gasteiger partial charge in [0.2, 0.25) is 11.8 Å². The molecule has 7 heteroatoms. The molecule has 5 rings (SSSR count). The highest BCUT2D eigenvalue weighted by Crippen LogP contribution is 2.37. The molecule has 1 heterocycles. The van der Waals surface area contributed by atoms with Crippen LogP contribution in [0.1, 0.15) is 34.3 Å². The van der Waals surface area contributed by atoms with Crippen LogP contribution in [0.5, 0.6) is 0 Å². The third-order valence-electron chi connectivity index (χ3n) is 7.24. The number of amides is 3. The molecule has 0 radical (unpaired) electrons. The lowest BCUT2D eigenvalue weighted by atomic mass is 10.0. The number of carbonyl (C=O) groups is 3. The molecule has 39 heavy (non-hydrogen) atoms. The van der Waals surface area contributed by atoms with Crippen LogP contribution in [0.4, 0.5) is 10.1 Å². The third-order valence-corrected chi connectivity index (χ3v) is 7.24. The highest BCUT2D eigenvalue weighted by molar-refractivity contribution is 6.25. The highest BCUT2D eigenvalue weighted by atomic mass is 19.1. The lowest BCUT2D eigenvalue weighted by Crippen LogP contribution is -2.50. The lowest BCUT2D eigenvalue weighted by Gasteiger charge is -2.31. The molecule has 1 aliphatic heterocycles. The minimum atomic E-state index is -0.823. The number of carbonyl (C=O) groups excluding carboxylic acids is 3. The first-order chi connectivity index (χ1) is 19.0. The van der Waals surface area contributed by atoms with Crippen molar-refractivity contribution in [1.82, 2.24) is 10.2 Å². The molecule has 0 bridgehead atoms. The molecule has 3 amide bonds. The maximum absolute atomic E-state index is 14.6. The molecule has 1 atom stereocenters. The van der Waals surface area contributed by atoms with E-state index in [0.29, 0.717) is 30.5 Å². The van der Waals surface area contributed by atoms with Gasteiger partial charge in [0, 0.05) is 49.5 Å². The average Bonchev–Trinajstić information content (AvgIpc) is 3.24. The number of benzene rings is 4. The summed E-state index contributed by atoms with van der Waals surface area (Å²) in [4.78, 5) is 43.1. The molecule has 0 spiro atoms. The van der Waals surface area contributed by atoms with E-state index in [1.165, 1.54) is 18.0 Å². The van der Waals surface area contributed by atoms with Crippen LogP contribution < -0.4 is 10.2 Å². The maximum Gasteiger partial charge on any atom is 0.258 e. The molecule has 0 aromatic heterocycles. The first-order valence-electron chi connectivity index (χ1n) is 13.1. The minimum Gasteiger partial charge on any atom is -0.357 e. The zero-order chi connectivity index (χ0) is 27.4. The highest BCUT2D eigenvalue weighted by Gasteiger charge is 2.32. The van der Waals surface area contributed by atoms with Crippen LogP contribution in [0.2, 0.25) is 0 Å². The van der Waals surface area contributed by atoms with Gasteiger partial charge in [0.15, 0.2) is 0 Å². The van der Waals surface area contributed by atoms with Crippen molar-refractivity contribution in [3.63, 3.8) is 0 Å². The summed E-state index contributed by atoms with van der Waals surface area (Å²) in [5.74, 6) is -1.10. The SMILES string of the molecule is CNC(=O)[C@@H](Cc1ccccc1)N(Cc1ccccc1F)C(=O)CCCN1C(=O)c2cccc3cccc1c23. The largest absolute Gasteiger partial charge is 0.357 e. The second kappa shape index (κ2) is 11.5. The number of nitrogens with zero attached hydrogens (tertiary/aromatic N) is 2. The van der Waals surface area contributed by atoms with Crippen LogP contribution in [-0.4, -0.2) is 42.3 Å². The van der Waals surface area contributed by atoms with Crippen LogP contribution in [0.15, 0.2) is 91.0 Å². The fourth-order valence-electron chi connectivity index (χ4n) is 5.26. The summed E-state index contributed by atoms with van der Waals surface area (Å²) in [5, 5.41) is 4.60. The Hall–Kier alpha value is -4.52. The van der Waals surface area contributed by atoms with E-state index in [9.17, 15) is 18.8 Å². The first-order valence-corrected chi connectivity index (χ1v) is 13.1. The fraction of sp³-hybridized carbons (Fsp3) is 0.219. The smallest absolute Gasteiger partial charge is 0.258 e. The fourth-order valence-corrected chi connectivity index (χ4v) is 5.26. The molecule has 1 N–H and O–H groups in total. The van der Waals surface area contributed by atoms with Gasteiger partial charge >= 0.3 is 0 Å². The molecule has 4 aromatic carbocycles. The number of halogens is 1. The van der Waals surface area contributed by atoms with E-state index >= 15 is 0 Å². The Balaban J connectivity index is 1.36. The molecule has 0 saturated heterocycles. The van der Waals surface area contributed by atoms with Gasteiger partial charge in [-0.05, 0) is 35.6 Å². The van der Waals surface area contributed by atoms with E-state index in [1.807, 2.05) is 66.7 Å². The lowest BCUT2D eigenvalue weighted by molar-refractivity contribution is -0.141. The first kappa shape index (κ1) is 26.1. The van der Waals surface area contributed by atoms with E-state index in [-0.39, 0.29) is 30.7 Å². The predicted octanol–water partition coefficient (Wildman–Crippen LogP) is 5.11. The molecule has 0 aliphatic carbocycles. The molecule has 4 aromatic rings. The van der Waals surface area contributed by atoms with Crippen molar-refractivity contribution < 1.29 is 18.8 Å². The van der Waals surface area contributed by atoms with Crippen molar-refractivity contribution in [1.29, 1.82) is 0 Å². The van der Waals surface area contributed by atoms with Gasteiger partial charge in [-0.15, -0.1) is 0 Å². The number of hydrogen-bond acceptors (Lipinski definition) is 3. The summed E-state index contributed by atoms with van der Waals surface area (Å²) in [6.45, 7) is 0.319. The van der Waals surface area contributed by atoms with Crippen LogP contribution in [0, 0.1) is 5.82 Å². The Morgan fingerprint density at radius 2 is 1.64 bits per heavy atom. The Morgan fingerprint density at radius 1 is 0.923 bits per heavy atom. The Morgan fingerprint density at radius 3 is 2.38 bits per heavy atom. The van der Waals surface area contributed by atoms with Gasteiger partial charge in [-0.3, -0.25) is 14.4 Å². The van der Waals surface area contributed by atoms with Crippen LogP contribution in [-0.2, 0) is 22.6 Å². The predicted molar refractivity (Wildman–Crippen MR) is 150 cm³/mol. The second-order valence-corrected chi connectivity index (χ2v) is 9.67. The molecule has 6 nitrogen and oxygen atoms in total. The zero-order valence-electron chi connectivity index (χ0n) is 21.8. The molecule has 0 fully saturated rings. The van der Waals surface area contributed by atoms with Gasteiger partial charge in [-0.1, -0.05) is 72.8 Å². The van der Waals surface area contributed by atoms with Crippen molar-refractivity contribution in [2.24, 2.45) is 0 Å². The standard InChI is InChI=1S/C32H30FN3O3/c1-34-31(38)28(20-22-10-3-2-4-11-22)36(21-24-12-5-6-16-26(24)33)29(37)18-9-19-35-27-17-8-14-23-13-7-15-25(30(23)27)32(35)39/h2-8,10-17,28H,9,18-21H2,1H3,(H,34,38)/t28-/m1/s1. The Bertz CT molecular complexity index is 1520. The van der Waals surface area contributed by atoms with Crippen LogP contribution in [0.3, 0.4) is 0 Å². The van der Waals surface area contributed by atoms with Crippen molar-refractivity contribution in [3.8, 4) is 0 Å². The van der Waals surface area contributed by atoms with Gasteiger partial charge < -0.3 is 15.1 Å². The maximum atomic E-state index is 14.6. The number of hydrogen-bond donors (Lipinski definition) is 1. The molecular formula is C32H30FN3O3. The van der Waals surface area contributed by atoms with Crippen LogP contribution >= 0.6 is 0 Å². The van der Waals surface area contributed by atoms with Gasteiger partial charge in [-0.2, -0.15) is 0 Å². The summed E-state index contributed by atoms with van der Waals surface area (Å²) in [7, 11) is 1.53. The monoisotopic (exact) mass is 523 g/mol. The van der Waals surface area contributed by atoms with E-state index < -0.39 is 11.9 Å². The van der Waals surface area contributed by atoms with E-state index in [4.69, 9.17) is 0 Å². The number of rotatable bonds is 10. The quantitative estimate of drug-likeness (QED) is 0.314. The topological polar surface area (TPSA) is 69.7 Å². The summed E-state index contributed by atoms with van der Waals surface area (Å²) < 4.78 is 14.6. The van der Waals surface area contributed by atoms with Gasteiger partial charge in [0.05, 0.1) is 5.69 Å². The Labute approximate surface area is 227 Å². The number of likely N-dealkylation sites (N-methyl/N-ethyl adjacent to an activating group) is 1. The Kier molecular flexibility index (Phi) is 7.68. The number of anilines is 1. The van der Waals surface area contributed by atoms with E-state index in [0.717, 1.165) is 22.0 Å². The molecular weight excluding hydrogens is 493 g/mol. The van der Waals surface area contributed by atoms with Crippen molar-refractivity contribution in [2.45, 2.75) is 31.8 Å². The molecule has 0 saturated carbocycles. The second-order valence-electron chi connectivity index (χ2n) is 9.67. The summed E-state index contributed by atoms with van der Waals surface area (Å²) in [5.41, 5.74) is 2.74. The minimum absolute atomic E-state index is 0.0379. The summed E-state index contributed by atoms with van der Waals surface area (Å²) in [6, 6.07) is 26.4. The zero-order valence-corrected chi connectivity index (χ0v) is 21.8. The van der Waals surface area contributed by atoms with Crippen molar-refractivity contribution >= 4 is 34.2 Å². The van der Waals surface area contributed by atoms with E-state index in [2.05, 4.69) is 5.32 Å². The number of nitrogens with one attached hydrogen (secondary N) is 1. The van der Waals surface area contributed by atoms with Crippen molar-refractivity contribution in [2.75, 3.05) is 18.5 Å². The normalized spacial score (nSPS) is 13.0. The van der Waals surface area contributed by atoms with Gasteiger partial charge in [0.1, 0.15) is 11.9 Å². The average molecular weight is 524 g/mol. The van der Waals surface area contributed by atoms with Gasteiger partial charge in [0.25, 0.3) is 5.91 Å². The molecule has 1 aliphatic rings. The van der Waals surface area contributed by atoms with Gasteiger partial charge in [-0.25, -0.2) is 4.39 Å². The molecule has 198 valence electrons.